The Morgan fingerprint density at radius 2 is 1.89 bits per heavy atom. The maximum atomic E-state index is 11.9. The summed E-state index contributed by atoms with van der Waals surface area (Å²) < 4.78 is 40.0. The summed E-state index contributed by atoms with van der Waals surface area (Å²) in [4.78, 5) is 10.6. The Bertz CT molecular complexity index is 387. The van der Waals surface area contributed by atoms with Gasteiger partial charge in [0.1, 0.15) is 5.75 Å². The predicted molar refractivity (Wildman–Crippen MR) is 61.5 cm³/mol. The van der Waals surface area contributed by atoms with Crippen LogP contribution in [0.15, 0.2) is 24.3 Å². The number of halogens is 3. The molecule has 0 radical (unpaired) electrons. The van der Waals surface area contributed by atoms with E-state index in [1.165, 1.54) is 12.1 Å². The van der Waals surface area contributed by atoms with Crippen molar-refractivity contribution in [3.8, 4) is 5.75 Å². The molecule has 1 aromatic carbocycles. The van der Waals surface area contributed by atoms with E-state index in [2.05, 4.69) is 17.0 Å². The van der Waals surface area contributed by atoms with Crippen LogP contribution >= 0.6 is 0 Å². The summed E-state index contributed by atoms with van der Waals surface area (Å²) >= 11 is 0. The molecule has 3 nitrogen and oxygen atoms in total. The lowest BCUT2D eigenvalue weighted by molar-refractivity contribution is -0.189. The molecule has 0 saturated carbocycles. The lowest BCUT2D eigenvalue weighted by Crippen LogP contribution is -2.27. The molecule has 0 bridgehead atoms. The van der Waals surface area contributed by atoms with Gasteiger partial charge in [-0.05, 0) is 30.7 Å². The molecule has 18 heavy (non-hydrogen) atoms. The quantitative estimate of drug-likeness (QED) is 0.501. The maximum absolute atomic E-state index is 11.9. The summed E-state index contributed by atoms with van der Waals surface area (Å²) in [5.41, 5.74) is 0.773. The Hall–Kier alpha value is -1.72. The van der Waals surface area contributed by atoms with Gasteiger partial charge in [-0.1, -0.05) is 13.3 Å². The third kappa shape index (κ3) is 4.65. The fourth-order valence-electron chi connectivity index (χ4n) is 1.22. The zero-order valence-electron chi connectivity index (χ0n) is 9.88. The van der Waals surface area contributed by atoms with Crippen LogP contribution in [0, 0.1) is 0 Å². The molecule has 0 aliphatic heterocycles. The minimum atomic E-state index is -4.97. The van der Waals surface area contributed by atoms with Gasteiger partial charge in [0.05, 0.1) is 0 Å². The van der Waals surface area contributed by atoms with E-state index in [9.17, 15) is 18.0 Å². The molecule has 0 amide bonds. The van der Waals surface area contributed by atoms with Crippen LogP contribution in [0.25, 0.3) is 0 Å². The van der Waals surface area contributed by atoms with E-state index in [0.29, 0.717) is 0 Å². The lowest BCUT2D eigenvalue weighted by Gasteiger charge is -2.08. The highest BCUT2D eigenvalue weighted by Crippen LogP contribution is 2.21. The molecular formula is C12H14F3NO2. The highest BCUT2D eigenvalue weighted by molar-refractivity contribution is 5.78. The number of unbranched alkanes of at least 4 members (excludes halogenated alkanes) is 1. The fraction of sp³-hybridized carbons (Fsp3) is 0.417. The molecule has 1 rings (SSSR count). The van der Waals surface area contributed by atoms with Crippen LogP contribution in [0.5, 0.6) is 5.75 Å². The minimum Gasteiger partial charge on any atom is -0.420 e. The molecular weight excluding hydrogens is 247 g/mol. The topological polar surface area (TPSA) is 38.3 Å². The Morgan fingerprint density at radius 3 is 2.39 bits per heavy atom. The van der Waals surface area contributed by atoms with Gasteiger partial charge in [0.15, 0.2) is 0 Å². The van der Waals surface area contributed by atoms with Crippen molar-refractivity contribution in [3.63, 3.8) is 0 Å². The van der Waals surface area contributed by atoms with Gasteiger partial charge < -0.3 is 10.1 Å². The zero-order valence-corrected chi connectivity index (χ0v) is 9.88. The minimum absolute atomic E-state index is 0.127. The number of rotatable bonds is 5. The van der Waals surface area contributed by atoms with Crippen molar-refractivity contribution in [1.29, 1.82) is 0 Å². The fourth-order valence-corrected chi connectivity index (χ4v) is 1.22. The van der Waals surface area contributed by atoms with Gasteiger partial charge in [-0.15, -0.1) is 0 Å². The summed E-state index contributed by atoms with van der Waals surface area (Å²) in [5, 5.41) is 3.09. The van der Waals surface area contributed by atoms with Crippen molar-refractivity contribution < 1.29 is 22.7 Å². The van der Waals surface area contributed by atoms with Crippen molar-refractivity contribution >= 4 is 11.7 Å². The van der Waals surface area contributed by atoms with Crippen molar-refractivity contribution in [2.24, 2.45) is 0 Å². The first-order valence-corrected chi connectivity index (χ1v) is 5.56. The van der Waals surface area contributed by atoms with E-state index < -0.39 is 12.1 Å². The van der Waals surface area contributed by atoms with Crippen molar-refractivity contribution in [2.75, 3.05) is 11.9 Å². The molecule has 6 heteroatoms. The summed E-state index contributed by atoms with van der Waals surface area (Å²) in [7, 11) is 0. The standard InChI is InChI=1S/C12H14F3NO2/c1-2-3-8-16-9-4-6-10(7-5-9)18-11(17)12(13,14)15/h4-7,16H,2-3,8H2,1H3. The van der Waals surface area contributed by atoms with E-state index in [4.69, 9.17) is 0 Å². The van der Waals surface area contributed by atoms with Crippen LogP contribution in [-0.2, 0) is 4.79 Å². The lowest BCUT2D eigenvalue weighted by atomic mass is 10.3. The largest absolute Gasteiger partial charge is 0.491 e. The average molecular weight is 261 g/mol. The Morgan fingerprint density at radius 1 is 1.28 bits per heavy atom. The number of alkyl halides is 3. The molecule has 0 spiro atoms. The zero-order chi connectivity index (χ0) is 13.6. The van der Waals surface area contributed by atoms with Gasteiger partial charge in [-0.25, -0.2) is 4.79 Å². The average Bonchev–Trinajstić information content (AvgIpc) is 2.30. The SMILES string of the molecule is CCCCNc1ccc(OC(=O)C(F)(F)F)cc1. The number of ether oxygens (including phenoxy) is 1. The second-order valence-corrected chi connectivity index (χ2v) is 3.69. The Balaban J connectivity index is 2.53. The highest BCUT2D eigenvalue weighted by atomic mass is 19.4. The third-order valence-corrected chi connectivity index (χ3v) is 2.16. The molecule has 0 aliphatic rings. The van der Waals surface area contributed by atoms with Gasteiger partial charge in [0.25, 0.3) is 0 Å². The number of hydrogen-bond acceptors (Lipinski definition) is 3. The number of carbonyl (C=O) groups is 1. The number of carbonyl (C=O) groups excluding carboxylic acids is 1. The van der Waals surface area contributed by atoms with Crippen LogP contribution in [0.4, 0.5) is 18.9 Å². The van der Waals surface area contributed by atoms with Crippen LogP contribution in [-0.4, -0.2) is 18.7 Å². The number of anilines is 1. The first-order chi connectivity index (χ1) is 8.43. The number of esters is 1. The first-order valence-electron chi connectivity index (χ1n) is 5.56. The smallest absolute Gasteiger partial charge is 0.420 e. The highest BCUT2D eigenvalue weighted by Gasteiger charge is 2.41. The van der Waals surface area contributed by atoms with Crippen molar-refractivity contribution in [3.05, 3.63) is 24.3 Å². The monoisotopic (exact) mass is 261 g/mol. The predicted octanol–water partition coefficient (Wildman–Crippen LogP) is 3.37. The van der Waals surface area contributed by atoms with E-state index >= 15 is 0 Å². The van der Waals surface area contributed by atoms with Gasteiger partial charge in [-0.3, -0.25) is 0 Å². The van der Waals surface area contributed by atoms with E-state index in [0.717, 1.165) is 25.1 Å². The Kier molecular flexibility index (Phi) is 5.00. The number of nitrogens with one attached hydrogen (secondary N) is 1. The van der Waals surface area contributed by atoms with Crippen LogP contribution in [0.2, 0.25) is 0 Å². The van der Waals surface area contributed by atoms with E-state index in [1.807, 2.05) is 0 Å². The van der Waals surface area contributed by atoms with Crippen LogP contribution in [0.1, 0.15) is 19.8 Å². The van der Waals surface area contributed by atoms with Gasteiger partial charge in [0.2, 0.25) is 0 Å². The van der Waals surface area contributed by atoms with Crippen molar-refractivity contribution in [1.82, 2.24) is 0 Å². The second-order valence-electron chi connectivity index (χ2n) is 3.69. The molecule has 0 aliphatic carbocycles. The van der Waals surface area contributed by atoms with Crippen molar-refractivity contribution in [2.45, 2.75) is 25.9 Å². The molecule has 100 valence electrons. The van der Waals surface area contributed by atoms with E-state index in [-0.39, 0.29) is 5.75 Å². The summed E-state index contributed by atoms with van der Waals surface area (Å²) in [6.45, 7) is 2.85. The first kappa shape index (κ1) is 14.3. The summed E-state index contributed by atoms with van der Waals surface area (Å²) in [5.74, 6) is -2.34. The van der Waals surface area contributed by atoms with Gasteiger partial charge >= 0.3 is 12.1 Å². The maximum Gasteiger partial charge on any atom is 0.491 e. The summed E-state index contributed by atoms with van der Waals surface area (Å²) in [6, 6.07) is 5.76. The van der Waals surface area contributed by atoms with Gasteiger partial charge in [-0.2, -0.15) is 13.2 Å². The molecule has 0 unspecified atom stereocenters. The second kappa shape index (κ2) is 6.28. The molecule has 0 saturated heterocycles. The third-order valence-electron chi connectivity index (χ3n) is 2.16. The molecule has 1 aromatic rings. The number of hydrogen-bond donors (Lipinski definition) is 1. The number of benzene rings is 1. The van der Waals surface area contributed by atoms with Gasteiger partial charge in [0, 0.05) is 12.2 Å². The molecule has 1 N–H and O–H groups in total. The molecule has 0 fully saturated rings. The van der Waals surface area contributed by atoms with Crippen LogP contribution in [0.3, 0.4) is 0 Å². The Labute approximate surface area is 103 Å². The summed E-state index contributed by atoms with van der Waals surface area (Å²) in [6.07, 6.45) is -2.92. The molecule has 0 heterocycles. The molecule has 0 aromatic heterocycles. The van der Waals surface area contributed by atoms with Crippen LogP contribution < -0.4 is 10.1 Å². The normalized spacial score (nSPS) is 11.1. The molecule has 0 atom stereocenters. The van der Waals surface area contributed by atoms with E-state index in [1.54, 1.807) is 12.1 Å².